The van der Waals surface area contributed by atoms with Crippen LogP contribution in [0.15, 0.2) is 29.3 Å². The number of hydrogen-bond donors (Lipinski definition) is 3. The number of guanidine groups is 1. The van der Waals surface area contributed by atoms with Crippen molar-refractivity contribution in [2.75, 3.05) is 13.6 Å². The van der Waals surface area contributed by atoms with Crippen LogP contribution in [0.2, 0.25) is 0 Å². The van der Waals surface area contributed by atoms with E-state index in [0.717, 1.165) is 24.5 Å². The molecule has 1 unspecified atom stereocenters. The average Bonchev–Trinajstić information content (AvgIpc) is 2.59. The summed E-state index contributed by atoms with van der Waals surface area (Å²) in [6.07, 6.45) is 4.89. The molecule has 1 aromatic carbocycles. The first-order valence-corrected chi connectivity index (χ1v) is 8.96. The Hall–Kier alpha value is -1.31. The van der Waals surface area contributed by atoms with Crippen LogP contribution < -0.4 is 16.0 Å². The number of aliphatic imine (C=N–C) groups is 1. The van der Waals surface area contributed by atoms with E-state index >= 15 is 0 Å². The number of unbranched alkanes of at least 4 members (excludes halogenated alkanes) is 2. The standard InChI is InChI=1S/C19H32N4O.HI/c1-5-7-8-10-15(3)23-19(21-6-2)22-14-16-11-9-12-17(13-16)18(24)20-4;/h9,11-13,15H,5-8,10,14H2,1-4H3,(H,20,24)(H2,21,22,23);1H. The summed E-state index contributed by atoms with van der Waals surface area (Å²) in [5.41, 5.74) is 1.68. The van der Waals surface area contributed by atoms with E-state index in [4.69, 9.17) is 0 Å². The van der Waals surface area contributed by atoms with E-state index in [-0.39, 0.29) is 29.9 Å². The molecule has 0 radical (unpaired) electrons. The van der Waals surface area contributed by atoms with Gasteiger partial charge in [0.15, 0.2) is 5.96 Å². The number of carbonyl (C=O) groups is 1. The molecule has 0 saturated heterocycles. The van der Waals surface area contributed by atoms with Crippen LogP contribution in [0.25, 0.3) is 0 Å². The molecular formula is C19H33IN4O. The van der Waals surface area contributed by atoms with Gasteiger partial charge in [-0.3, -0.25) is 4.79 Å². The second-order valence-electron chi connectivity index (χ2n) is 6.02. The van der Waals surface area contributed by atoms with Crippen LogP contribution >= 0.6 is 24.0 Å². The number of halogens is 1. The Labute approximate surface area is 169 Å². The molecule has 1 amide bonds. The van der Waals surface area contributed by atoms with Gasteiger partial charge in [0.1, 0.15) is 0 Å². The summed E-state index contributed by atoms with van der Waals surface area (Å²) in [5.74, 6) is 0.752. The van der Waals surface area contributed by atoms with Crippen LogP contribution in [0.3, 0.4) is 0 Å². The van der Waals surface area contributed by atoms with E-state index in [9.17, 15) is 4.79 Å². The van der Waals surface area contributed by atoms with Crippen LogP contribution in [0.1, 0.15) is 62.4 Å². The van der Waals surface area contributed by atoms with Gasteiger partial charge in [-0.05, 0) is 38.0 Å². The molecule has 0 saturated carbocycles. The fraction of sp³-hybridized carbons (Fsp3) is 0.579. The van der Waals surface area contributed by atoms with E-state index in [0.29, 0.717) is 18.2 Å². The minimum absolute atomic E-state index is 0. The third-order valence-electron chi connectivity index (χ3n) is 3.80. The van der Waals surface area contributed by atoms with Gasteiger partial charge in [-0.1, -0.05) is 38.3 Å². The zero-order chi connectivity index (χ0) is 17.8. The summed E-state index contributed by atoms with van der Waals surface area (Å²) in [4.78, 5) is 16.3. The fourth-order valence-electron chi connectivity index (χ4n) is 2.45. The maximum absolute atomic E-state index is 11.7. The highest BCUT2D eigenvalue weighted by Crippen LogP contribution is 2.07. The Morgan fingerprint density at radius 3 is 2.64 bits per heavy atom. The molecule has 0 aromatic heterocycles. The average molecular weight is 460 g/mol. The van der Waals surface area contributed by atoms with Crippen molar-refractivity contribution in [3.8, 4) is 0 Å². The van der Waals surface area contributed by atoms with Crippen molar-refractivity contribution >= 4 is 35.8 Å². The van der Waals surface area contributed by atoms with Crippen molar-refractivity contribution in [2.45, 2.75) is 59.0 Å². The van der Waals surface area contributed by atoms with Crippen molar-refractivity contribution in [1.29, 1.82) is 0 Å². The van der Waals surface area contributed by atoms with Gasteiger partial charge < -0.3 is 16.0 Å². The molecule has 0 aliphatic carbocycles. The maximum atomic E-state index is 11.7. The molecule has 1 atom stereocenters. The normalized spacial score (nSPS) is 12.1. The monoisotopic (exact) mass is 460 g/mol. The number of amides is 1. The number of rotatable bonds is 9. The molecule has 1 rings (SSSR count). The molecule has 142 valence electrons. The molecule has 1 aromatic rings. The van der Waals surface area contributed by atoms with Gasteiger partial charge in [-0.15, -0.1) is 24.0 Å². The highest BCUT2D eigenvalue weighted by Gasteiger charge is 2.06. The number of benzene rings is 1. The van der Waals surface area contributed by atoms with Crippen LogP contribution in [-0.4, -0.2) is 31.5 Å². The maximum Gasteiger partial charge on any atom is 0.251 e. The third kappa shape index (κ3) is 9.67. The van der Waals surface area contributed by atoms with E-state index < -0.39 is 0 Å². The molecule has 0 heterocycles. The van der Waals surface area contributed by atoms with Gasteiger partial charge in [0.05, 0.1) is 6.54 Å². The van der Waals surface area contributed by atoms with Crippen molar-refractivity contribution < 1.29 is 4.79 Å². The Bertz CT molecular complexity index is 534. The zero-order valence-electron chi connectivity index (χ0n) is 15.9. The van der Waals surface area contributed by atoms with Gasteiger partial charge in [0, 0.05) is 25.2 Å². The molecule has 0 aliphatic rings. The summed E-state index contributed by atoms with van der Waals surface area (Å²) in [6.45, 7) is 7.84. The first-order valence-electron chi connectivity index (χ1n) is 8.96. The van der Waals surface area contributed by atoms with Crippen molar-refractivity contribution in [1.82, 2.24) is 16.0 Å². The third-order valence-corrected chi connectivity index (χ3v) is 3.80. The predicted octanol–water partition coefficient (Wildman–Crippen LogP) is 3.69. The topological polar surface area (TPSA) is 65.5 Å². The fourth-order valence-corrected chi connectivity index (χ4v) is 2.45. The minimum Gasteiger partial charge on any atom is -0.357 e. The molecule has 0 fully saturated rings. The number of nitrogens with zero attached hydrogens (tertiary/aromatic N) is 1. The Morgan fingerprint density at radius 1 is 1.24 bits per heavy atom. The lowest BCUT2D eigenvalue weighted by molar-refractivity contribution is 0.0963. The van der Waals surface area contributed by atoms with Crippen LogP contribution in [0.4, 0.5) is 0 Å². The lowest BCUT2D eigenvalue weighted by atomic mass is 10.1. The zero-order valence-corrected chi connectivity index (χ0v) is 18.2. The second-order valence-corrected chi connectivity index (χ2v) is 6.02. The molecular weight excluding hydrogens is 427 g/mol. The smallest absolute Gasteiger partial charge is 0.251 e. The molecule has 5 nitrogen and oxygen atoms in total. The highest BCUT2D eigenvalue weighted by molar-refractivity contribution is 14.0. The summed E-state index contributed by atoms with van der Waals surface area (Å²) in [6, 6.07) is 7.97. The van der Waals surface area contributed by atoms with Crippen LogP contribution in [0.5, 0.6) is 0 Å². The van der Waals surface area contributed by atoms with E-state index in [1.54, 1.807) is 7.05 Å². The van der Waals surface area contributed by atoms with Gasteiger partial charge in [0.25, 0.3) is 5.91 Å². The lowest BCUT2D eigenvalue weighted by Crippen LogP contribution is -2.42. The lowest BCUT2D eigenvalue weighted by Gasteiger charge is -2.17. The Morgan fingerprint density at radius 2 is 2.00 bits per heavy atom. The molecule has 3 N–H and O–H groups in total. The quantitative estimate of drug-likeness (QED) is 0.228. The molecule has 0 aliphatic heterocycles. The Kier molecular flexibility index (Phi) is 13.2. The number of carbonyl (C=O) groups excluding carboxylic acids is 1. The van der Waals surface area contributed by atoms with Gasteiger partial charge >= 0.3 is 0 Å². The largest absolute Gasteiger partial charge is 0.357 e. The summed E-state index contributed by atoms with van der Waals surface area (Å²) < 4.78 is 0. The SMILES string of the molecule is CCCCCC(C)NC(=NCc1cccc(C(=O)NC)c1)NCC.I. The predicted molar refractivity (Wildman–Crippen MR) is 117 cm³/mol. The van der Waals surface area contributed by atoms with Crippen molar-refractivity contribution in [2.24, 2.45) is 4.99 Å². The van der Waals surface area contributed by atoms with E-state index in [1.165, 1.54) is 19.3 Å². The van der Waals surface area contributed by atoms with Gasteiger partial charge in [-0.2, -0.15) is 0 Å². The Balaban J connectivity index is 0.00000576. The molecule has 0 spiro atoms. The van der Waals surface area contributed by atoms with Gasteiger partial charge in [0.2, 0.25) is 0 Å². The second kappa shape index (κ2) is 13.9. The first-order chi connectivity index (χ1) is 11.6. The number of hydrogen-bond acceptors (Lipinski definition) is 2. The van der Waals surface area contributed by atoms with Crippen LogP contribution in [0, 0.1) is 0 Å². The summed E-state index contributed by atoms with van der Waals surface area (Å²) in [7, 11) is 1.64. The van der Waals surface area contributed by atoms with E-state index in [1.807, 2.05) is 24.3 Å². The summed E-state index contributed by atoms with van der Waals surface area (Å²) >= 11 is 0. The summed E-state index contributed by atoms with van der Waals surface area (Å²) in [5, 5.41) is 9.38. The van der Waals surface area contributed by atoms with Crippen molar-refractivity contribution in [3.63, 3.8) is 0 Å². The first kappa shape index (κ1) is 23.7. The molecule has 6 heteroatoms. The molecule has 25 heavy (non-hydrogen) atoms. The van der Waals surface area contributed by atoms with Crippen molar-refractivity contribution in [3.05, 3.63) is 35.4 Å². The van der Waals surface area contributed by atoms with Gasteiger partial charge in [-0.25, -0.2) is 4.99 Å². The molecule has 0 bridgehead atoms. The highest BCUT2D eigenvalue weighted by atomic mass is 127. The number of nitrogens with one attached hydrogen (secondary N) is 3. The van der Waals surface area contributed by atoms with E-state index in [2.05, 4.69) is 41.7 Å². The minimum atomic E-state index is -0.0737. The van der Waals surface area contributed by atoms with Crippen LogP contribution in [-0.2, 0) is 6.54 Å².